The quantitative estimate of drug-likeness (QED) is 0.798. The average Bonchev–Trinajstić information content (AvgIpc) is 3.22. The number of hydrogen-bond acceptors (Lipinski definition) is 7. The van der Waals surface area contributed by atoms with E-state index in [-0.39, 0.29) is 6.29 Å². The van der Waals surface area contributed by atoms with Gasteiger partial charge in [-0.1, -0.05) is 31.2 Å². The predicted molar refractivity (Wildman–Crippen MR) is 126 cm³/mol. The molecule has 0 saturated carbocycles. The van der Waals surface area contributed by atoms with Crippen LogP contribution in [0.3, 0.4) is 0 Å². The topological polar surface area (TPSA) is 47.0 Å². The number of nitrogens with zero attached hydrogens (tertiary/aromatic N) is 5. The number of piperazine rings is 1. The van der Waals surface area contributed by atoms with Gasteiger partial charge in [0.1, 0.15) is 10.8 Å². The molecule has 30 heavy (non-hydrogen) atoms. The second kappa shape index (κ2) is 9.29. The minimum atomic E-state index is 0.0165. The first kappa shape index (κ1) is 21.0. The normalized spacial score (nSPS) is 20.2. The van der Waals surface area contributed by atoms with Crippen LogP contribution in [0.25, 0.3) is 10.6 Å². The van der Waals surface area contributed by atoms with Gasteiger partial charge in [0.15, 0.2) is 6.29 Å². The van der Waals surface area contributed by atoms with Crippen molar-refractivity contribution in [2.24, 2.45) is 4.99 Å². The number of aliphatic imine (C=N–C) groups is 1. The molecule has 7 heteroatoms. The lowest BCUT2D eigenvalue weighted by molar-refractivity contribution is 0.172. The van der Waals surface area contributed by atoms with Gasteiger partial charge in [-0.25, -0.2) is 9.98 Å². The SMILES string of the molecule is CCc1ccc(-c2nc(CN3CCN(C4=NC(N(C)C)NC(C)=C4)CC3)cs2)cc1. The zero-order valence-corrected chi connectivity index (χ0v) is 19.2. The Morgan fingerprint density at radius 3 is 2.53 bits per heavy atom. The molecule has 3 heterocycles. The van der Waals surface area contributed by atoms with Gasteiger partial charge in [-0.05, 0) is 39.1 Å². The van der Waals surface area contributed by atoms with Crippen molar-refractivity contribution in [1.29, 1.82) is 0 Å². The molecule has 0 bridgehead atoms. The standard InChI is InChI=1S/C23H32N6S/c1-5-18-6-8-19(9-7-18)22-25-20(16-30-22)15-28-10-12-29(13-11-28)21-14-17(2)24-23(26-21)27(3)4/h6-9,14,16,23-24H,5,10-13,15H2,1-4H3. The predicted octanol–water partition coefficient (Wildman–Crippen LogP) is 3.24. The van der Waals surface area contributed by atoms with Gasteiger partial charge in [-0.15, -0.1) is 11.3 Å². The smallest absolute Gasteiger partial charge is 0.177 e. The highest BCUT2D eigenvalue weighted by Gasteiger charge is 2.23. The first-order valence-corrected chi connectivity index (χ1v) is 11.6. The van der Waals surface area contributed by atoms with Crippen LogP contribution in [0.2, 0.25) is 0 Å². The number of thiazole rings is 1. The molecule has 1 N–H and O–H groups in total. The van der Waals surface area contributed by atoms with Gasteiger partial charge < -0.3 is 10.2 Å². The molecule has 1 fully saturated rings. The van der Waals surface area contributed by atoms with E-state index < -0.39 is 0 Å². The van der Waals surface area contributed by atoms with E-state index in [2.05, 4.69) is 83.7 Å². The molecule has 2 aliphatic heterocycles. The third-order valence-corrected chi connectivity index (χ3v) is 6.63. The Labute approximate surface area is 183 Å². The summed E-state index contributed by atoms with van der Waals surface area (Å²) in [5, 5.41) is 6.73. The summed E-state index contributed by atoms with van der Waals surface area (Å²) in [4.78, 5) is 16.8. The van der Waals surface area contributed by atoms with E-state index in [4.69, 9.17) is 9.98 Å². The molecule has 1 aromatic heterocycles. The van der Waals surface area contributed by atoms with Crippen molar-refractivity contribution in [1.82, 2.24) is 25.0 Å². The molecule has 2 aromatic rings. The highest BCUT2D eigenvalue weighted by Crippen LogP contribution is 2.25. The van der Waals surface area contributed by atoms with Gasteiger partial charge >= 0.3 is 0 Å². The van der Waals surface area contributed by atoms with Crippen molar-refractivity contribution in [2.75, 3.05) is 40.3 Å². The van der Waals surface area contributed by atoms with Crippen LogP contribution in [-0.2, 0) is 13.0 Å². The molecule has 0 amide bonds. The summed E-state index contributed by atoms with van der Waals surface area (Å²) in [7, 11) is 4.10. The number of allylic oxidation sites excluding steroid dienone is 1. The first-order valence-electron chi connectivity index (χ1n) is 10.7. The van der Waals surface area contributed by atoms with Gasteiger partial charge in [0.25, 0.3) is 0 Å². The van der Waals surface area contributed by atoms with Gasteiger partial charge in [-0.2, -0.15) is 0 Å². The Morgan fingerprint density at radius 1 is 1.13 bits per heavy atom. The van der Waals surface area contributed by atoms with Gasteiger partial charge in [-0.3, -0.25) is 9.80 Å². The molecular weight excluding hydrogens is 392 g/mol. The summed E-state index contributed by atoms with van der Waals surface area (Å²) in [6, 6.07) is 8.79. The van der Waals surface area contributed by atoms with Crippen LogP contribution in [0.5, 0.6) is 0 Å². The molecule has 1 atom stereocenters. The molecule has 0 spiro atoms. The zero-order chi connectivity index (χ0) is 21.1. The summed E-state index contributed by atoms with van der Waals surface area (Å²) in [6.45, 7) is 9.27. The van der Waals surface area contributed by atoms with Crippen molar-refractivity contribution in [3.8, 4) is 10.6 Å². The van der Waals surface area contributed by atoms with Crippen LogP contribution >= 0.6 is 11.3 Å². The molecule has 1 saturated heterocycles. The van der Waals surface area contributed by atoms with Crippen molar-refractivity contribution < 1.29 is 0 Å². The number of aryl methyl sites for hydroxylation is 1. The summed E-state index contributed by atoms with van der Waals surface area (Å²) in [5.74, 6) is 1.09. The fourth-order valence-corrected chi connectivity index (χ4v) is 4.63. The average molecular weight is 425 g/mol. The monoisotopic (exact) mass is 424 g/mol. The number of hydrogen-bond donors (Lipinski definition) is 1. The van der Waals surface area contributed by atoms with E-state index in [0.717, 1.165) is 50.0 Å². The second-order valence-corrected chi connectivity index (χ2v) is 9.11. The van der Waals surface area contributed by atoms with E-state index in [1.54, 1.807) is 11.3 Å². The third kappa shape index (κ3) is 4.91. The summed E-state index contributed by atoms with van der Waals surface area (Å²) in [6.07, 6.45) is 3.25. The summed E-state index contributed by atoms with van der Waals surface area (Å²) >= 11 is 1.74. The van der Waals surface area contributed by atoms with E-state index in [1.165, 1.54) is 22.5 Å². The number of nitrogens with one attached hydrogen (secondary N) is 1. The molecule has 160 valence electrons. The number of amidine groups is 1. The number of rotatable bonds is 5. The van der Waals surface area contributed by atoms with Crippen LogP contribution < -0.4 is 5.32 Å². The van der Waals surface area contributed by atoms with Crippen molar-refractivity contribution in [3.05, 3.63) is 52.7 Å². The molecule has 1 aromatic carbocycles. The maximum Gasteiger partial charge on any atom is 0.177 e. The van der Waals surface area contributed by atoms with Crippen LogP contribution in [-0.4, -0.2) is 72.1 Å². The second-order valence-electron chi connectivity index (χ2n) is 8.25. The largest absolute Gasteiger partial charge is 0.355 e. The molecule has 1 unspecified atom stereocenters. The van der Waals surface area contributed by atoms with Gasteiger partial charge in [0.2, 0.25) is 0 Å². The first-order chi connectivity index (χ1) is 14.5. The fraction of sp³-hybridized carbons (Fsp3) is 0.478. The van der Waals surface area contributed by atoms with E-state index in [1.807, 2.05) is 0 Å². The lowest BCUT2D eigenvalue weighted by Gasteiger charge is -2.38. The maximum absolute atomic E-state index is 4.89. The lowest BCUT2D eigenvalue weighted by Crippen LogP contribution is -2.51. The van der Waals surface area contributed by atoms with Crippen LogP contribution in [0, 0.1) is 0 Å². The number of benzene rings is 1. The van der Waals surface area contributed by atoms with Crippen LogP contribution in [0.15, 0.2) is 46.4 Å². The highest BCUT2D eigenvalue weighted by molar-refractivity contribution is 7.13. The van der Waals surface area contributed by atoms with E-state index >= 15 is 0 Å². The van der Waals surface area contributed by atoms with Crippen LogP contribution in [0.1, 0.15) is 25.1 Å². The highest BCUT2D eigenvalue weighted by atomic mass is 32.1. The van der Waals surface area contributed by atoms with Crippen molar-refractivity contribution in [2.45, 2.75) is 33.1 Å². The Hall–Kier alpha value is -2.22. The van der Waals surface area contributed by atoms with Gasteiger partial charge in [0, 0.05) is 49.4 Å². The summed E-state index contributed by atoms with van der Waals surface area (Å²) < 4.78 is 0. The maximum atomic E-state index is 4.89. The molecule has 6 nitrogen and oxygen atoms in total. The Balaban J connectivity index is 1.33. The Bertz CT molecular complexity index is 906. The van der Waals surface area contributed by atoms with Gasteiger partial charge in [0.05, 0.1) is 5.69 Å². The lowest BCUT2D eigenvalue weighted by atomic mass is 10.1. The van der Waals surface area contributed by atoms with Crippen LogP contribution in [0.4, 0.5) is 0 Å². The molecule has 0 aliphatic carbocycles. The molecule has 2 aliphatic rings. The minimum Gasteiger partial charge on any atom is -0.355 e. The Kier molecular flexibility index (Phi) is 6.51. The third-order valence-electron chi connectivity index (χ3n) is 5.69. The summed E-state index contributed by atoms with van der Waals surface area (Å²) in [5.41, 5.74) is 4.93. The van der Waals surface area contributed by atoms with E-state index in [9.17, 15) is 0 Å². The van der Waals surface area contributed by atoms with Crippen molar-refractivity contribution in [3.63, 3.8) is 0 Å². The fourth-order valence-electron chi connectivity index (χ4n) is 3.81. The van der Waals surface area contributed by atoms with Crippen molar-refractivity contribution >= 4 is 17.2 Å². The molecule has 4 rings (SSSR count). The molecule has 0 radical (unpaired) electrons. The zero-order valence-electron chi connectivity index (χ0n) is 18.4. The van der Waals surface area contributed by atoms with E-state index in [0.29, 0.717) is 0 Å². The number of aromatic nitrogens is 1. The minimum absolute atomic E-state index is 0.0165. The molecular formula is C23H32N6S. The Morgan fingerprint density at radius 2 is 1.87 bits per heavy atom.